The Bertz CT molecular complexity index is 981. The van der Waals surface area contributed by atoms with Crippen LogP contribution >= 0.6 is 0 Å². The van der Waals surface area contributed by atoms with E-state index in [1.807, 2.05) is 11.8 Å². The number of hydrogen-bond donors (Lipinski definition) is 0. The molecule has 2 aliphatic rings. The van der Waals surface area contributed by atoms with Crippen LogP contribution < -0.4 is 9.64 Å². The molecule has 6 nitrogen and oxygen atoms in total. The van der Waals surface area contributed by atoms with Crippen molar-refractivity contribution in [1.82, 2.24) is 4.90 Å². The minimum atomic E-state index is -0.430. The molecule has 0 aromatic heterocycles. The van der Waals surface area contributed by atoms with Crippen molar-refractivity contribution in [1.29, 1.82) is 0 Å². The lowest BCUT2D eigenvalue weighted by molar-refractivity contribution is -0.121. The first-order valence-electron chi connectivity index (χ1n) is 10.0. The van der Waals surface area contributed by atoms with E-state index in [0.717, 1.165) is 6.42 Å². The Morgan fingerprint density at radius 1 is 1.03 bits per heavy atom. The predicted octanol–water partition coefficient (Wildman–Crippen LogP) is 3.23. The number of nitrogens with zero attached hydrogens (tertiary/aromatic N) is 2. The fourth-order valence-corrected chi connectivity index (χ4v) is 3.64. The van der Waals surface area contributed by atoms with Crippen LogP contribution in [0.25, 0.3) is 5.57 Å². The fraction of sp³-hybridized carbons (Fsp3) is 0.304. The Balaban J connectivity index is 1.75. The van der Waals surface area contributed by atoms with Crippen molar-refractivity contribution >= 4 is 23.1 Å². The second-order valence-corrected chi connectivity index (χ2v) is 7.12. The average Bonchev–Trinajstić information content (AvgIpc) is 3.03. The number of anilines is 1. The molecule has 0 spiro atoms. The van der Waals surface area contributed by atoms with Gasteiger partial charge in [-0.1, -0.05) is 25.1 Å². The van der Waals surface area contributed by atoms with Crippen LogP contribution in [0.3, 0.4) is 0 Å². The number of benzene rings is 2. The lowest BCUT2D eigenvalue weighted by Gasteiger charge is -2.29. The molecule has 2 aliphatic heterocycles. The third-order valence-corrected chi connectivity index (χ3v) is 5.07. The molecular formula is C23H23FN2O4. The van der Waals surface area contributed by atoms with E-state index in [1.54, 1.807) is 24.3 Å². The molecule has 0 bridgehead atoms. The van der Waals surface area contributed by atoms with Crippen molar-refractivity contribution in [3.05, 3.63) is 65.6 Å². The van der Waals surface area contributed by atoms with E-state index in [-0.39, 0.29) is 5.57 Å². The summed E-state index contributed by atoms with van der Waals surface area (Å²) in [6, 6.07) is 12.6. The molecule has 4 rings (SSSR count). The zero-order chi connectivity index (χ0) is 21.1. The van der Waals surface area contributed by atoms with E-state index in [0.29, 0.717) is 55.6 Å². The van der Waals surface area contributed by atoms with Gasteiger partial charge in [-0.25, -0.2) is 9.29 Å². The maximum atomic E-state index is 13.5. The lowest BCUT2D eigenvalue weighted by Crippen LogP contribution is -2.40. The van der Waals surface area contributed by atoms with Crippen molar-refractivity contribution in [2.45, 2.75) is 13.3 Å². The van der Waals surface area contributed by atoms with Gasteiger partial charge < -0.3 is 14.4 Å². The summed E-state index contributed by atoms with van der Waals surface area (Å²) in [5.74, 6) is -0.630. The van der Waals surface area contributed by atoms with Gasteiger partial charge in [0.15, 0.2) is 0 Å². The largest absolute Gasteiger partial charge is 0.494 e. The van der Waals surface area contributed by atoms with E-state index in [9.17, 15) is 14.0 Å². The van der Waals surface area contributed by atoms with Gasteiger partial charge in [0.05, 0.1) is 31.1 Å². The molecule has 0 N–H and O–H groups in total. The van der Waals surface area contributed by atoms with Crippen molar-refractivity contribution in [2.75, 3.05) is 37.8 Å². The SMILES string of the molecule is CCCOc1cccc(N2C(=O)C(c3ccc(F)cc3)=C(N3CCOCC3)C2=O)c1. The number of ether oxygens (including phenoxy) is 2. The highest BCUT2D eigenvalue weighted by molar-refractivity contribution is 6.45. The maximum absolute atomic E-state index is 13.5. The van der Waals surface area contributed by atoms with Crippen molar-refractivity contribution < 1.29 is 23.5 Å². The summed E-state index contributed by atoms with van der Waals surface area (Å²) in [7, 11) is 0. The molecule has 30 heavy (non-hydrogen) atoms. The maximum Gasteiger partial charge on any atom is 0.282 e. The third-order valence-electron chi connectivity index (χ3n) is 5.07. The molecule has 0 unspecified atom stereocenters. The molecule has 7 heteroatoms. The zero-order valence-corrected chi connectivity index (χ0v) is 16.8. The standard InChI is InChI=1S/C23H23FN2O4/c1-2-12-30-19-5-3-4-18(15-19)26-22(27)20(16-6-8-17(24)9-7-16)21(23(26)28)25-10-13-29-14-11-25/h3-9,15H,2,10-14H2,1H3. The van der Waals surface area contributed by atoms with Crippen LogP contribution in [-0.4, -0.2) is 49.6 Å². The Labute approximate surface area is 174 Å². The Morgan fingerprint density at radius 3 is 2.47 bits per heavy atom. The van der Waals surface area contributed by atoms with E-state index in [4.69, 9.17) is 9.47 Å². The van der Waals surface area contributed by atoms with Gasteiger partial charge in [-0.15, -0.1) is 0 Å². The summed E-state index contributed by atoms with van der Waals surface area (Å²) in [5.41, 5.74) is 1.56. The molecule has 1 fully saturated rings. The molecule has 0 atom stereocenters. The number of imide groups is 1. The van der Waals surface area contributed by atoms with Crippen LogP contribution in [-0.2, 0) is 14.3 Å². The van der Waals surface area contributed by atoms with Gasteiger partial charge in [-0.2, -0.15) is 0 Å². The van der Waals surface area contributed by atoms with Gasteiger partial charge in [0.1, 0.15) is 17.3 Å². The number of hydrogen-bond acceptors (Lipinski definition) is 5. The number of carbonyl (C=O) groups is 2. The number of morpholine rings is 1. The van der Waals surface area contributed by atoms with Crippen LogP contribution in [0.15, 0.2) is 54.2 Å². The van der Waals surface area contributed by atoms with Crippen molar-refractivity contribution in [3.8, 4) is 5.75 Å². The van der Waals surface area contributed by atoms with E-state index >= 15 is 0 Å². The van der Waals surface area contributed by atoms with Gasteiger partial charge in [-0.05, 0) is 36.2 Å². The molecule has 2 amide bonds. The predicted molar refractivity (Wildman–Crippen MR) is 110 cm³/mol. The molecule has 2 aromatic rings. The molecule has 1 saturated heterocycles. The first-order chi connectivity index (χ1) is 14.6. The minimum absolute atomic E-state index is 0.279. The summed E-state index contributed by atoms with van der Waals surface area (Å²) in [6.45, 7) is 4.51. The first-order valence-corrected chi connectivity index (χ1v) is 10.0. The molecular weight excluding hydrogens is 387 g/mol. The summed E-state index contributed by atoms with van der Waals surface area (Å²) in [6.07, 6.45) is 0.850. The Morgan fingerprint density at radius 2 is 1.77 bits per heavy atom. The number of halogens is 1. The first kappa shape index (κ1) is 20.1. The summed E-state index contributed by atoms with van der Waals surface area (Å²) in [4.78, 5) is 29.9. The van der Waals surface area contributed by atoms with Gasteiger partial charge in [-0.3, -0.25) is 9.59 Å². The smallest absolute Gasteiger partial charge is 0.282 e. The van der Waals surface area contributed by atoms with E-state index < -0.39 is 17.6 Å². The van der Waals surface area contributed by atoms with E-state index in [1.165, 1.54) is 29.2 Å². The highest BCUT2D eigenvalue weighted by atomic mass is 19.1. The summed E-state index contributed by atoms with van der Waals surface area (Å²) >= 11 is 0. The van der Waals surface area contributed by atoms with E-state index in [2.05, 4.69) is 0 Å². The van der Waals surface area contributed by atoms with Crippen molar-refractivity contribution in [3.63, 3.8) is 0 Å². The molecule has 2 aromatic carbocycles. The van der Waals surface area contributed by atoms with Crippen LogP contribution in [0.2, 0.25) is 0 Å². The highest BCUT2D eigenvalue weighted by Crippen LogP contribution is 2.36. The quantitative estimate of drug-likeness (QED) is 0.685. The topological polar surface area (TPSA) is 59.1 Å². The Kier molecular flexibility index (Phi) is 5.81. The molecule has 0 radical (unpaired) electrons. The monoisotopic (exact) mass is 410 g/mol. The Hall–Kier alpha value is -3.19. The van der Waals surface area contributed by atoms with Crippen LogP contribution in [0.5, 0.6) is 5.75 Å². The fourth-order valence-electron chi connectivity index (χ4n) is 3.64. The second-order valence-electron chi connectivity index (χ2n) is 7.12. The summed E-state index contributed by atoms with van der Waals surface area (Å²) in [5, 5.41) is 0. The number of amides is 2. The van der Waals surface area contributed by atoms with Crippen LogP contribution in [0.1, 0.15) is 18.9 Å². The third kappa shape index (κ3) is 3.80. The van der Waals surface area contributed by atoms with Crippen LogP contribution in [0.4, 0.5) is 10.1 Å². The lowest BCUT2D eigenvalue weighted by atomic mass is 10.0. The van der Waals surface area contributed by atoms with Gasteiger partial charge >= 0.3 is 0 Å². The van der Waals surface area contributed by atoms with Crippen molar-refractivity contribution in [2.24, 2.45) is 0 Å². The second kappa shape index (κ2) is 8.67. The molecule has 156 valence electrons. The molecule has 2 heterocycles. The number of rotatable bonds is 6. The number of carbonyl (C=O) groups excluding carboxylic acids is 2. The van der Waals surface area contributed by atoms with Gasteiger partial charge in [0.25, 0.3) is 11.8 Å². The highest BCUT2D eigenvalue weighted by Gasteiger charge is 2.42. The van der Waals surface area contributed by atoms with Gasteiger partial charge in [0.2, 0.25) is 0 Å². The zero-order valence-electron chi connectivity index (χ0n) is 16.8. The normalized spacial score (nSPS) is 17.1. The molecule has 0 aliphatic carbocycles. The molecule has 0 saturated carbocycles. The average molecular weight is 410 g/mol. The summed E-state index contributed by atoms with van der Waals surface area (Å²) < 4.78 is 24.5. The van der Waals surface area contributed by atoms with Gasteiger partial charge in [0, 0.05) is 19.2 Å². The van der Waals surface area contributed by atoms with Crippen LogP contribution in [0, 0.1) is 5.82 Å². The minimum Gasteiger partial charge on any atom is -0.494 e.